The molecule has 2 aliphatic rings. The molecule has 1 aromatic carbocycles. The predicted molar refractivity (Wildman–Crippen MR) is 101 cm³/mol. The highest BCUT2D eigenvalue weighted by molar-refractivity contribution is 5.80. The van der Waals surface area contributed by atoms with E-state index in [9.17, 15) is 4.39 Å². The smallest absolute Gasteiger partial charge is 0.191 e. The lowest BCUT2D eigenvalue weighted by molar-refractivity contribution is -0.106. The van der Waals surface area contributed by atoms with Crippen LogP contribution in [0.5, 0.6) is 0 Å². The van der Waals surface area contributed by atoms with E-state index < -0.39 is 0 Å². The van der Waals surface area contributed by atoms with Crippen LogP contribution in [-0.4, -0.2) is 44.9 Å². The van der Waals surface area contributed by atoms with Gasteiger partial charge in [0.1, 0.15) is 11.9 Å². The number of rotatable bonds is 6. The van der Waals surface area contributed by atoms with Gasteiger partial charge in [-0.25, -0.2) is 4.39 Å². The first-order valence-electron chi connectivity index (χ1n) is 9.42. The molecule has 0 radical (unpaired) electrons. The number of halogens is 1. The van der Waals surface area contributed by atoms with Crippen LogP contribution < -0.4 is 10.6 Å². The molecule has 26 heavy (non-hydrogen) atoms. The average molecular weight is 363 g/mol. The van der Waals surface area contributed by atoms with E-state index in [0.29, 0.717) is 24.6 Å². The summed E-state index contributed by atoms with van der Waals surface area (Å²) in [6, 6.07) is 6.74. The third-order valence-electron chi connectivity index (χ3n) is 5.68. The third kappa shape index (κ3) is 3.71. The van der Waals surface area contributed by atoms with Gasteiger partial charge in [-0.05, 0) is 31.0 Å². The Bertz CT molecular complexity index is 632. The molecule has 144 valence electrons. The van der Waals surface area contributed by atoms with Gasteiger partial charge in [-0.15, -0.1) is 0 Å². The Morgan fingerprint density at radius 1 is 1.38 bits per heavy atom. The fourth-order valence-electron chi connectivity index (χ4n) is 4.25. The minimum atomic E-state index is -0.248. The first-order valence-corrected chi connectivity index (χ1v) is 9.42. The molecule has 3 rings (SSSR count). The second kappa shape index (κ2) is 7.92. The zero-order chi connectivity index (χ0) is 18.7. The van der Waals surface area contributed by atoms with Crippen LogP contribution in [0.2, 0.25) is 0 Å². The molecule has 1 aromatic rings. The molecule has 4 unspecified atom stereocenters. The molecular formula is C20H30FN3O2. The summed E-state index contributed by atoms with van der Waals surface area (Å²) in [5.41, 5.74) is 1.01. The first-order chi connectivity index (χ1) is 12.5. The van der Waals surface area contributed by atoms with Gasteiger partial charge in [0.15, 0.2) is 5.96 Å². The summed E-state index contributed by atoms with van der Waals surface area (Å²) in [7, 11) is 1.65. The van der Waals surface area contributed by atoms with Gasteiger partial charge < -0.3 is 20.1 Å². The van der Waals surface area contributed by atoms with Gasteiger partial charge in [0.2, 0.25) is 0 Å². The van der Waals surface area contributed by atoms with E-state index in [4.69, 9.17) is 14.5 Å². The Labute approximate surface area is 155 Å². The van der Waals surface area contributed by atoms with Gasteiger partial charge in [0.25, 0.3) is 0 Å². The lowest BCUT2D eigenvalue weighted by Gasteiger charge is -2.54. The predicted octanol–water partition coefficient (Wildman–Crippen LogP) is 2.88. The number of fused-ring (bicyclic) bond motifs is 1. The maximum Gasteiger partial charge on any atom is 0.191 e. The summed E-state index contributed by atoms with van der Waals surface area (Å²) < 4.78 is 24.6. The fraction of sp³-hybridized carbons (Fsp3) is 0.650. The summed E-state index contributed by atoms with van der Waals surface area (Å²) in [5, 5.41) is 6.92. The number of benzene rings is 1. The SMILES string of the molecule is CCNC(=NCC(OC)c1ccc(F)cc1)NC1C2CCOC2C1(C)C. The standard InChI is InChI=1S/C20H30FN3O2/c1-5-22-19(24-17-15-10-11-26-18(15)20(17,2)3)23-12-16(25-4)13-6-8-14(21)9-7-13/h6-9,15-18H,5,10-12H2,1-4H3,(H2,22,23,24). The molecule has 4 atom stereocenters. The summed E-state index contributed by atoms with van der Waals surface area (Å²) in [6.07, 6.45) is 1.23. The van der Waals surface area contributed by atoms with Crippen LogP contribution in [0.4, 0.5) is 4.39 Å². The summed E-state index contributed by atoms with van der Waals surface area (Å²) in [5.74, 6) is 1.09. The summed E-state index contributed by atoms with van der Waals surface area (Å²) in [4.78, 5) is 4.72. The molecule has 6 heteroatoms. The molecule has 2 N–H and O–H groups in total. The molecule has 1 saturated heterocycles. The Kier molecular flexibility index (Phi) is 5.82. The Balaban J connectivity index is 1.67. The maximum absolute atomic E-state index is 13.1. The van der Waals surface area contributed by atoms with Crippen molar-refractivity contribution < 1.29 is 13.9 Å². The number of ether oxygens (including phenoxy) is 2. The van der Waals surface area contributed by atoms with E-state index in [1.54, 1.807) is 19.2 Å². The van der Waals surface area contributed by atoms with Crippen LogP contribution in [-0.2, 0) is 9.47 Å². The molecular weight excluding hydrogens is 333 g/mol. The van der Waals surface area contributed by atoms with Crippen molar-refractivity contribution in [2.45, 2.75) is 45.4 Å². The third-order valence-corrected chi connectivity index (χ3v) is 5.68. The van der Waals surface area contributed by atoms with Crippen molar-refractivity contribution in [2.24, 2.45) is 16.3 Å². The van der Waals surface area contributed by atoms with Gasteiger partial charge >= 0.3 is 0 Å². The lowest BCUT2D eigenvalue weighted by atomic mass is 9.57. The molecule has 1 aliphatic heterocycles. The highest BCUT2D eigenvalue weighted by atomic mass is 19.1. The molecule has 1 saturated carbocycles. The highest BCUT2D eigenvalue weighted by Crippen LogP contribution is 2.52. The van der Waals surface area contributed by atoms with Crippen molar-refractivity contribution in [3.63, 3.8) is 0 Å². The quantitative estimate of drug-likeness (QED) is 0.603. The van der Waals surface area contributed by atoms with Crippen molar-refractivity contribution in [1.82, 2.24) is 10.6 Å². The molecule has 0 spiro atoms. The highest BCUT2D eigenvalue weighted by Gasteiger charge is 2.59. The minimum Gasteiger partial charge on any atom is -0.377 e. The second-order valence-electron chi connectivity index (χ2n) is 7.68. The largest absolute Gasteiger partial charge is 0.377 e. The Morgan fingerprint density at radius 2 is 2.12 bits per heavy atom. The van der Waals surface area contributed by atoms with Gasteiger partial charge in [-0.1, -0.05) is 26.0 Å². The number of aliphatic imine (C=N–C) groups is 1. The van der Waals surface area contributed by atoms with Crippen molar-refractivity contribution in [3.05, 3.63) is 35.6 Å². The number of hydrogen-bond donors (Lipinski definition) is 2. The molecule has 5 nitrogen and oxygen atoms in total. The normalized spacial score (nSPS) is 28.2. The first kappa shape index (κ1) is 19.1. The van der Waals surface area contributed by atoms with Crippen molar-refractivity contribution in [3.8, 4) is 0 Å². The van der Waals surface area contributed by atoms with E-state index >= 15 is 0 Å². The lowest BCUT2D eigenvalue weighted by Crippen LogP contribution is -2.68. The minimum absolute atomic E-state index is 0.0922. The van der Waals surface area contributed by atoms with Crippen LogP contribution in [0.15, 0.2) is 29.3 Å². The summed E-state index contributed by atoms with van der Waals surface area (Å²) >= 11 is 0. The number of hydrogen-bond acceptors (Lipinski definition) is 3. The number of guanidine groups is 1. The average Bonchev–Trinajstić information content (AvgIpc) is 3.08. The van der Waals surface area contributed by atoms with Crippen LogP contribution in [0.3, 0.4) is 0 Å². The van der Waals surface area contributed by atoms with E-state index in [1.807, 2.05) is 0 Å². The van der Waals surface area contributed by atoms with Crippen LogP contribution >= 0.6 is 0 Å². The molecule has 0 bridgehead atoms. The Morgan fingerprint density at radius 3 is 2.77 bits per heavy atom. The van der Waals surface area contributed by atoms with E-state index in [1.165, 1.54) is 12.1 Å². The van der Waals surface area contributed by atoms with Crippen LogP contribution in [0.25, 0.3) is 0 Å². The zero-order valence-corrected chi connectivity index (χ0v) is 16.1. The van der Waals surface area contributed by atoms with Crippen molar-refractivity contribution in [2.75, 3.05) is 26.8 Å². The zero-order valence-electron chi connectivity index (χ0n) is 16.1. The maximum atomic E-state index is 13.1. The van der Waals surface area contributed by atoms with Gasteiger partial charge in [-0.2, -0.15) is 0 Å². The van der Waals surface area contributed by atoms with Crippen molar-refractivity contribution in [1.29, 1.82) is 0 Å². The van der Waals surface area contributed by atoms with Gasteiger partial charge in [-0.3, -0.25) is 4.99 Å². The second-order valence-corrected chi connectivity index (χ2v) is 7.68. The molecule has 1 heterocycles. The van der Waals surface area contributed by atoms with Gasteiger partial charge in [0, 0.05) is 37.6 Å². The molecule has 1 aliphatic carbocycles. The van der Waals surface area contributed by atoms with E-state index in [-0.39, 0.29) is 17.3 Å². The number of methoxy groups -OCH3 is 1. The Hall–Kier alpha value is -1.66. The molecule has 0 aromatic heterocycles. The van der Waals surface area contributed by atoms with E-state index in [2.05, 4.69) is 31.4 Å². The number of nitrogens with zero attached hydrogens (tertiary/aromatic N) is 1. The topological polar surface area (TPSA) is 54.9 Å². The van der Waals surface area contributed by atoms with Crippen LogP contribution in [0.1, 0.15) is 38.9 Å². The monoisotopic (exact) mass is 363 g/mol. The molecule has 0 amide bonds. The fourth-order valence-corrected chi connectivity index (χ4v) is 4.25. The van der Waals surface area contributed by atoms with Crippen LogP contribution in [0, 0.1) is 17.2 Å². The molecule has 2 fully saturated rings. The van der Waals surface area contributed by atoms with E-state index in [0.717, 1.165) is 31.1 Å². The van der Waals surface area contributed by atoms with Crippen molar-refractivity contribution >= 4 is 5.96 Å². The number of nitrogens with one attached hydrogen (secondary N) is 2. The summed E-state index contributed by atoms with van der Waals surface area (Å²) in [6.45, 7) is 8.65. The van der Waals surface area contributed by atoms with Gasteiger partial charge in [0.05, 0.1) is 12.6 Å².